The van der Waals surface area contributed by atoms with Gasteiger partial charge in [0.05, 0.1) is 6.04 Å². The predicted octanol–water partition coefficient (Wildman–Crippen LogP) is 3.91. The highest BCUT2D eigenvalue weighted by Crippen LogP contribution is 2.18. The van der Waals surface area contributed by atoms with Crippen molar-refractivity contribution >= 4 is 11.8 Å². The van der Waals surface area contributed by atoms with Gasteiger partial charge in [-0.2, -0.15) is 0 Å². The third-order valence-corrected chi connectivity index (χ3v) is 4.58. The molecular weight excluding hydrogens is 348 g/mol. The molecule has 0 aliphatic rings. The summed E-state index contributed by atoms with van der Waals surface area (Å²) in [6, 6.07) is 28.0. The molecule has 0 saturated heterocycles. The molecule has 0 aromatic heterocycles. The van der Waals surface area contributed by atoms with Crippen LogP contribution in [0.1, 0.15) is 34.5 Å². The van der Waals surface area contributed by atoms with Gasteiger partial charge < -0.3 is 10.6 Å². The van der Waals surface area contributed by atoms with Gasteiger partial charge >= 0.3 is 0 Å². The summed E-state index contributed by atoms with van der Waals surface area (Å²) in [6.45, 7) is 1.70. The fourth-order valence-electron chi connectivity index (χ4n) is 3.02. The van der Waals surface area contributed by atoms with Gasteiger partial charge in [0.1, 0.15) is 6.04 Å². The Morgan fingerprint density at radius 1 is 0.750 bits per heavy atom. The smallest absolute Gasteiger partial charge is 0.251 e. The second-order valence-corrected chi connectivity index (χ2v) is 6.72. The highest BCUT2D eigenvalue weighted by molar-refractivity contribution is 5.97. The SMILES string of the molecule is CC(NC(=O)c1ccccc1)C(=O)NC(Cc1ccccc1)c1ccccc1. The van der Waals surface area contributed by atoms with Gasteiger partial charge in [0.15, 0.2) is 0 Å². The van der Waals surface area contributed by atoms with Crippen molar-refractivity contribution in [2.24, 2.45) is 0 Å². The quantitative estimate of drug-likeness (QED) is 0.661. The van der Waals surface area contributed by atoms with Gasteiger partial charge in [-0.25, -0.2) is 0 Å². The summed E-state index contributed by atoms with van der Waals surface area (Å²) in [5, 5.41) is 5.85. The Morgan fingerprint density at radius 3 is 1.89 bits per heavy atom. The van der Waals surface area contributed by atoms with Crippen molar-refractivity contribution in [3.63, 3.8) is 0 Å². The van der Waals surface area contributed by atoms with Crippen LogP contribution in [0.3, 0.4) is 0 Å². The van der Waals surface area contributed by atoms with Gasteiger partial charge in [-0.1, -0.05) is 78.9 Å². The normalized spacial score (nSPS) is 12.6. The molecule has 2 N–H and O–H groups in total. The van der Waals surface area contributed by atoms with Gasteiger partial charge in [0.25, 0.3) is 5.91 Å². The largest absolute Gasteiger partial charge is 0.347 e. The first-order valence-electron chi connectivity index (χ1n) is 9.38. The predicted molar refractivity (Wildman–Crippen MR) is 111 cm³/mol. The first-order chi connectivity index (χ1) is 13.6. The van der Waals surface area contributed by atoms with Crippen LogP contribution in [-0.4, -0.2) is 17.9 Å². The van der Waals surface area contributed by atoms with Crippen LogP contribution < -0.4 is 10.6 Å². The Kier molecular flexibility index (Phi) is 6.58. The number of hydrogen-bond donors (Lipinski definition) is 2. The molecule has 4 heteroatoms. The van der Waals surface area contributed by atoms with Gasteiger partial charge in [-0.3, -0.25) is 9.59 Å². The van der Waals surface area contributed by atoms with E-state index in [9.17, 15) is 9.59 Å². The van der Waals surface area contributed by atoms with Crippen LogP contribution >= 0.6 is 0 Å². The van der Waals surface area contributed by atoms with E-state index in [1.165, 1.54) is 0 Å². The van der Waals surface area contributed by atoms with E-state index in [0.717, 1.165) is 11.1 Å². The molecule has 142 valence electrons. The number of rotatable bonds is 7. The van der Waals surface area contributed by atoms with E-state index in [0.29, 0.717) is 12.0 Å². The van der Waals surface area contributed by atoms with Crippen molar-refractivity contribution in [2.75, 3.05) is 0 Å². The maximum Gasteiger partial charge on any atom is 0.251 e. The average Bonchev–Trinajstić information content (AvgIpc) is 2.75. The molecule has 28 heavy (non-hydrogen) atoms. The number of carbonyl (C=O) groups excluding carboxylic acids is 2. The zero-order valence-electron chi connectivity index (χ0n) is 15.8. The minimum absolute atomic E-state index is 0.174. The molecule has 3 aromatic carbocycles. The number of benzene rings is 3. The monoisotopic (exact) mass is 372 g/mol. The van der Waals surface area contributed by atoms with E-state index in [2.05, 4.69) is 10.6 Å². The van der Waals surface area contributed by atoms with E-state index in [1.807, 2.05) is 66.7 Å². The van der Waals surface area contributed by atoms with E-state index < -0.39 is 6.04 Å². The van der Waals surface area contributed by atoms with Crippen molar-refractivity contribution in [1.29, 1.82) is 0 Å². The van der Waals surface area contributed by atoms with Crippen LogP contribution in [0, 0.1) is 0 Å². The maximum absolute atomic E-state index is 12.8. The second kappa shape index (κ2) is 9.51. The molecule has 0 aliphatic heterocycles. The standard InChI is InChI=1S/C24H24N2O2/c1-18(25-24(28)21-15-9-4-10-16-21)23(27)26-22(20-13-7-3-8-14-20)17-19-11-5-2-6-12-19/h2-16,18,22H,17H2,1H3,(H,25,28)(H,26,27). The van der Waals surface area contributed by atoms with Crippen molar-refractivity contribution in [1.82, 2.24) is 10.6 Å². The summed E-state index contributed by atoms with van der Waals surface area (Å²) in [5.41, 5.74) is 2.70. The highest BCUT2D eigenvalue weighted by atomic mass is 16.2. The second-order valence-electron chi connectivity index (χ2n) is 6.72. The van der Waals surface area contributed by atoms with Gasteiger partial charge in [0.2, 0.25) is 5.91 Å². The first kappa shape index (κ1) is 19.4. The third kappa shape index (κ3) is 5.30. The van der Waals surface area contributed by atoms with Crippen LogP contribution in [0.15, 0.2) is 91.0 Å². The molecule has 3 aromatic rings. The number of amides is 2. The fraction of sp³-hybridized carbons (Fsp3) is 0.167. The topological polar surface area (TPSA) is 58.2 Å². The van der Waals surface area contributed by atoms with Gasteiger partial charge in [-0.15, -0.1) is 0 Å². The van der Waals surface area contributed by atoms with Crippen molar-refractivity contribution in [2.45, 2.75) is 25.4 Å². The lowest BCUT2D eigenvalue weighted by atomic mass is 9.98. The molecular formula is C24H24N2O2. The number of nitrogens with one attached hydrogen (secondary N) is 2. The number of carbonyl (C=O) groups is 2. The minimum Gasteiger partial charge on any atom is -0.347 e. The molecule has 0 spiro atoms. The lowest BCUT2D eigenvalue weighted by Crippen LogP contribution is -2.46. The van der Waals surface area contributed by atoms with E-state index in [1.54, 1.807) is 31.2 Å². The Balaban J connectivity index is 1.69. The van der Waals surface area contributed by atoms with Gasteiger partial charge in [0, 0.05) is 5.56 Å². The van der Waals surface area contributed by atoms with E-state index >= 15 is 0 Å². The van der Waals surface area contributed by atoms with Crippen LogP contribution in [0.5, 0.6) is 0 Å². The highest BCUT2D eigenvalue weighted by Gasteiger charge is 2.21. The molecule has 2 atom stereocenters. The molecule has 3 rings (SSSR count). The molecule has 4 nitrogen and oxygen atoms in total. The van der Waals surface area contributed by atoms with Crippen LogP contribution in [0.25, 0.3) is 0 Å². The van der Waals surface area contributed by atoms with E-state index in [4.69, 9.17) is 0 Å². The summed E-state index contributed by atoms with van der Waals surface area (Å²) >= 11 is 0. The summed E-state index contributed by atoms with van der Waals surface area (Å²) in [4.78, 5) is 25.1. The first-order valence-corrected chi connectivity index (χ1v) is 9.38. The molecule has 0 aliphatic carbocycles. The average molecular weight is 372 g/mol. The van der Waals surface area contributed by atoms with Gasteiger partial charge in [-0.05, 0) is 36.6 Å². The minimum atomic E-state index is -0.644. The van der Waals surface area contributed by atoms with Crippen LogP contribution in [0.4, 0.5) is 0 Å². The Morgan fingerprint density at radius 2 is 1.29 bits per heavy atom. The lowest BCUT2D eigenvalue weighted by Gasteiger charge is -2.22. The zero-order valence-corrected chi connectivity index (χ0v) is 15.8. The zero-order chi connectivity index (χ0) is 19.8. The summed E-state index contributed by atoms with van der Waals surface area (Å²) in [6.07, 6.45) is 0.677. The fourth-order valence-corrected chi connectivity index (χ4v) is 3.02. The third-order valence-electron chi connectivity index (χ3n) is 4.58. The Bertz CT molecular complexity index is 896. The Hall–Kier alpha value is -3.40. The molecule has 0 saturated carbocycles. The molecule has 0 fully saturated rings. The van der Waals surface area contributed by atoms with E-state index in [-0.39, 0.29) is 17.9 Å². The molecule has 2 unspecified atom stereocenters. The van der Waals surface area contributed by atoms with Crippen molar-refractivity contribution < 1.29 is 9.59 Å². The summed E-state index contributed by atoms with van der Waals surface area (Å²) in [5.74, 6) is -0.475. The summed E-state index contributed by atoms with van der Waals surface area (Å²) in [7, 11) is 0. The molecule has 0 radical (unpaired) electrons. The van der Waals surface area contributed by atoms with Crippen LogP contribution in [0.2, 0.25) is 0 Å². The molecule has 0 bridgehead atoms. The lowest BCUT2D eigenvalue weighted by molar-refractivity contribution is -0.123. The van der Waals surface area contributed by atoms with Crippen molar-refractivity contribution in [3.8, 4) is 0 Å². The molecule has 0 heterocycles. The van der Waals surface area contributed by atoms with Crippen LogP contribution in [-0.2, 0) is 11.2 Å². The Labute approximate surface area is 165 Å². The summed E-state index contributed by atoms with van der Waals surface area (Å²) < 4.78 is 0. The maximum atomic E-state index is 12.8. The number of hydrogen-bond acceptors (Lipinski definition) is 2. The van der Waals surface area contributed by atoms with Crippen molar-refractivity contribution in [3.05, 3.63) is 108 Å². The molecule has 2 amide bonds.